The summed E-state index contributed by atoms with van der Waals surface area (Å²) < 4.78 is 61.9. The molecule has 374 valence electrons. The number of methoxy groups -OCH3 is 2. The number of anilines is 1. The third-order valence-electron chi connectivity index (χ3n) is 10.7. The van der Waals surface area contributed by atoms with Crippen molar-refractivity contribution in [3.63, 3.8) is 0 Å². The number of nitrogens with two attached hydrogens (primary N) is 1. The zero-order chi connectivity index (χ0) is 50.9. The summed E-state index contributed by atoms with van der Waals surface area (Å²) in [6, 6.07) is 9.84. The van der Waals surface area contributed by atoms with E-state index in [4.69, 9.17) is 39.6 Å². The van der Waals surface area contributed by atoms with Crippen LogP contribution in [0.4, 0.5) is 19.1 Å². The standard InChI is InChI=1S/C43H51N11O8S.C2HF3O2/c1-7-53-31(20-26(3)48-53)39(56)46-42-45-30-22-28(38(44)55)23-34(62-17-11-12-50-15-18-61-19-16-50)36(30)51(42)13-9-10-14-52-37-33(59-5)24-29(41(58)60-6)25-35(37)63-43(52)47-40(57)32-21-27(4)49-54(32)8-2;3-2(4,5)1(6)7/h9-10,20-25H,7-8,11-19H2,1-6H3,(H2,44,55)(H,45,46,56);(H,6,7)/b10-9+,47-43?;. The van der Waals surface area contributed by atoms with Crippen molar-refractivity contribution in [3.8, 4) is 11.5 Å². The van der Waals surface area contributed by atoms with Crippen molar-refractivity contribution in [2.45, 2.75) is 66.5 Å². The molecule has 0 radical (unpaired) electrons. The van der Waals surface area contributed by atoms with Gasteiger partial charge in [-0.15, -0.1) is 0 Å². The number of nitrogens with zero attached hydrogens (tertiary/aromatic N) is 9. The molecule has 5 heterocycles. The average Bonchev–Trinajstić information content (AvgIpc) is 4.10. The number of esters is 1. The normalized spacial score (nSPS) is 13.4. The summed E-state index contributed by atoms with van der Waals surface area (Å²) in [5, 5.41) is 18.9. The first kappa shape index (κ1) is 52.0. The molecule has 0 aliphatic carbocycles. The summed E-state index contributed by atoms with van der Waals surface area (Å²) in [5.74, 6) is -3.89. The number of hydrogen-bond donors (Lipinski definition) is 3. The molecule has 4 N–H and O–H groups in total. The van der Waals surface area contributed by atoms with Gasteiger partial charge in [-0.2, -0.15) is 28.4 Å². The van der Waals surface area contributed by atoms with E-state index in [0.29, 0.717) is 99.7 Å². The number of imidazole rings is 1. The van der Waals surface area contributed by atoms with Crippen LogP contribution in [-0.2, 0) is 40.4 Å². The lowest BCUT2D eigenvalue weighted by molar-refractivity contribution is -0.192. The molecule has 0 saturated carbocycles. The number of allylic oxidation sites excluding steroid dienone is 2. The number of carbonyl (C=O) groups excluding carboxylic acids is 4. The van der Waals surface area contributed by atoms with Gasteiger partial charge in [-0.3, -0.25) is 34.0 Å². The van der Waals surface area contributed by atoms with E-state index < -0.39 is 35.8 Å². The van der Waals surface area contributed by atoms with Crippen LogP contribution in [0.1, 0.15) is 73.3 Å². The maximum Gasteiger partial charge on any atom is 0.490 e. The Hall–Kier alpha value is -7.38. The molecule has 2 aromatic carbocycles. The van der Waals surface area contributed by atoms with E-state index in [9.17, 15) is 32.3 Å². The van der Waals surface area contributed by atoms with Crippen molar-refractivity contribution >= 4 is 68.2 Å². The number of carbonyl (C=O) groups is 5. The molecule has 1 fully saturated rings. The Morgan fingerprint density at radius 3 is 2.10 bits per heavy atom. The lowest BCUT2D eigenvalue weighted by Gasteiger charge is -2.26. The van der Waals surface area contributed by atoms with Crippen molar-refractivity contribution in [2.24, 2.45) is 10.7 Å². The summed E-state index contributed by atoms with van der Waals surface area (Å²) in [6.07, 6.45) is -0.599. The Bertz CT molecular complexity index is 3020. The number of morpholine rings is 1. The third-order valence-corrected chi connectivity index (χ3v) is 11.7. The van der Waals surface area contributed by atoms with Crippen molar-refractivity contribution in [3.05, 3.63) is 87.3 Å². The first-order chi connectivity index (χ1) is 33.4. The van der Waals surface area contributed by atoms with E-state index in [2.05, 4.69) is 25.4 Å². The molecule has 70 heavy (non-hydrogen) atoms. The van der Waals surface area contributed by atoms with E-state index in [1.54, 1.807) is 50.3 Å². The Balaban J connectivity index is 0.00000107. The van der Waals surface area contributed by atoms with E-state index in [-0.39, 0.29) is 30.2 Å². The maximum absolute atomic E-state index is 13.8. The van der Waals surface area contributed by atoms with Crippen LogP contribution in [-0.4, -0.2) is 133 Å². The van der Waals surface area contributed by atoms with Crippen LogP contribution in [0.2, 0.25) is 0 Å². The predicted molar refractivity (Wildman–Crippen MR) is 249 cm³/mol. The highest BCUT2D eigenvalue weighted by molar-refractivity contribution is 7.16. The second kappa shape index (κ2) is 22.8. The van der Waals surface area contributed by atoms with Crippen LogP contribution in [0.3, 0.4) is 0 Å². The van der Waals surface area contributed by atoms with Gasteiger partial charge in [0.15, 0.2) is 4.80 Å². The predicted octanol–water partition coefficient (Wildman–Crippen LogP) is 4.98. The quantitative estimate of drug-likeness (QED) is 0.0619. The lowest BCUT2D eigenvalue weighted by Crippen LogP contribution is -2.37. The topological polar surface area (TPSA) is 255 Å². The molecule has 0 bridgehead atoms. The van der Waals surface area contributed by atoms with Crippen LogP contribution in [0.5, 0.6) is 11.5 Å². The minimum absolute atomic E-state index is 0.185. The summed E-state index contributed by atoms with van der Waals surface area (Å²) >= 11 is 1.22. The van der Waals surface area contributed by atoms with Gasteiger partial charge in [0, 0.05) is 51.4 Å². The zero-order valence-electron chi connectivity index (χ0n) is 39.2. The number of carboxylic acid groups (broad SMARTS) is 1. The van der Waals surface area contributed by atoms with Gasteiger partial charge >= 0.3 is 18.1 Å². The number of aryl methyl sites for hydroxylation is 4. The molecule has 0 unspecified atom stereocenters. The van der Waals surface area contributed by atoms with Gasteiger partial charge in [-0.05, 0) is 70.5 Å². The Morgan fingerprint density at radius 2 is 1.50 bits per heavy atom. The number of primary amides is 1. The van der Waals surface area contributed by atoms with E-state index in [1.807, 2.05) is 44.4 Å². The zero-order valence-corrected chi connectivity index (χ0v) is 40.0. The molecule has 4 aromatic heterocycles. The molecule has 3 amide bonds. The number of carboxylic acids is 1. The number of benzene rings is 2. The van der Waals surface area contributed by atoms with Gasteiger partial charge in [0.05, 0.1) is 61.2 Å². The Morgan fingerprint density at radius 1 is 0.886 bits per heavy atom. The smallest absolute Gasteiger partial charge is 0.490 e. The van der Waals surface area contributed by atoms with Gasteiger partial charge in [0.2, 0.25) is 11.9 Å². The largest absolute Gasteiger partial charge is 0.494 e. The number of thiazole rings is 1. The van der Waals surface area contributed by atoms with Crippen molar-refractivity contribution < 1.29 is 61.2 Å². The van der Waals surface area contributed by atoms with Crippen LogP contribution >= 0.6 is 11.3 Å². The fourth-order valence-electron chi connectivity index (χ4n) is 7.47. The molecule has 1 aliphatic heterocycles. The van der Waals surface area contributed by atoms with Crippen LogP contribution < -0.4 is 25.3 Å². The van der Waals surface area contributed by atoms with Crippen LogP contribution in [0, 0.1) is 13.8 Å². The monoisotopic (exact) mass is 995 g/mol. The number of halogens is 3. The molecular formula is C45H52F3N11O10S. The summed E-state index contributed by atoms with van der Waals surface area (Å²) in [7, 11) is 2.80. The van der Waals surface area contributed by atoms with E-state index in [1.165, 1.54) is 25.6 Å². The molecule has 7 rings (SSSR count). The van der Waals surface area contributed by atoms with Gasteiger partial charge in [-0.1, -0.05) is 23.5 Å². The van der Waals surface area contributed by atoms with Crippen molar-refractivity contribution in [1.29, 1.82) is 0 Å². The number of hydrogen-bond acceptors (Lipinski definition) is 14. The number of ether oxygens (including phenoxy) is 4. The Labute approximate surface area is 401 Å². The molecule has 1 aliphatic rings. The van der Waals surface area contributed by atoms with E-state index in [0.717, 1.165) is 19.6 Å². The molecular weight excluding hydrogens is 944 g/mol. The van der Waals surface area contributed by atoms with Crippen molar-refractivity contribution in [1.82, 2.24) is 38.6 Å². The molecule has 21 nitrogen and oxygen atoms in total. The number of fused-ring (bicyclic) bond motifs is 2. The number of rotatable bonds is 17. The second-order valence-electron chi connectivity index (χ2n) is 15.5. The fourth-order valence-corrected chi connectivity index (χ4v) is 8.56. The Kier molecular flexibility index (Phi) is 16.9. The van der Waals surface area contributed by atoms with Gasteiger partial charge in [-0.25, -0.2) is 14.6 Å². The van der Waals surface area contributed by atoms with Crippen molar-refractivity contribution in [2.75, 3.05) is 59.0 Å². The van der Waals surface area contributed by atoms with Gasteiger partial charge < -0.3 is 38.9 Å². The second-order valence-corrected chi connectivity index (χ2v) is 16.5. The van der Waals surface area contributed by atoms with Gasteiger partial charge in [0.1, 0.15) is 33.9 Å². The van der Waals surface area contributed by atoms with E-state index >= 15 is 0 Å². The molecule has 6 aromatic rings. The summed E-state index contributed by atoms with van der Waals surface area (Å²) in [5.41, 5.74) is 9.89. The highest BCUT2D eigenvalue weighted by atomic mass is 32.1. The lowest BCUT2D eigenvalue weighted by atomic mass is 10.1. The molecule has 0 atom stereocenters. The maximum atomic E-state index is 13.8. The first-order valence-electron chi connectivity index (χ1n) is 21.9. The highest BCUT2D eigenvalue weighted by Crippen LogP contribution is 2.33. The first-order valence-corrected chi connectivity index (χ1v) is 22.7. The van der Waals surface area contributed by atoms with Crippen LogP contribution in [0.25, 0.3) is 21.3 Å². The summed E-state index contributed by atoms with van der Waals surface area (Å²) in [4.78, 5) is 73.7. The fraction of sp³-hybridized carbons (Fsp3) is 0.400. The molecule has 0 spiro atoms. The number of nitrogens with one attached hydrogen (secondary N) is 1. The van der Waals surface area contributed by atoms with Crippen LogP contribution in [0.15, 0.2) is 53.5 Å². The number of amides is 3. The summed E-state index contributed by atoms with van der Waals surface area (Å²) in [6.45, 7) is 13.0. The van der Waals surface area contributed by atoms with Gasteiger partial charge in [0.25, 0.3) is 11.8 Å². The highest BCUT2D eigenvalue weighted by Gasteiger charge is 2.38. The SMILES string of the molecule is CCn1nc(C)cc1C(=O)N=c1sc2cc(C(=O)OC)cc(OC)c2n1C/C=C/Cn1c(NC(=O)c2cc(C)nn2CC)nc2cc(C(N)=O)cc(OCCCN3CCOCC3)c21.O=C(O)C(F)(F)F. The molecule has 1 saturated heterocycles. The number of alkyl halides is 3. The molecule has 25 heteroatoms. The number of aliphatic carboxylic acids is 1. The minimum atomic E-state index is -5.08. The number of aromatic nitrogens is 7. The minimum Gasteiger partial charge on any atom is -0.494 e. The third kappa shape index (κ3) is 12.3. The average molecular weight is 996 g/mol.